The zero-order valence-electron chi connectivity index (χ0n) is 12.2. The molecule has 1 rings (SSSR count). The molecule has 116 valence electrons. The molecule has 0 spiro atoms. The molecule has 7 heteroatoms. The van der Waals surface area contributed by atoms with Gasteiger partial charge in [-0.2, -0.15) is 11.3 Å². The Labute approximate surface area is 127 Å². The Kier molecular flexibility index (Phi) is 7.45. The highest BCUT2D eigenvalue weighted by molar-refractivity contribution is 7.08. The maximum Gasteiger partial charge on any atom is 0.307 e. The van der Waals surface area contributed by atoms with Crippen LogP contribution in [0.2, 0.25) is 0 Å². The third-order valence-electron chi connectivity index (χ3n) is 2.44. The number of nitrogens with one attached hydrogen (secondary N) is 2. The summed E-state index contributed by atoms with van der Waals surface area (Å²) in [7, 11) is 0. The first-order valence-corrected chi connectivity index (χ1v) is 7.70. The van der Waals surface area contributed by atoms with Gasteiger partial charge in [-0.15, -0.1) is 0 Å². The second-order valence-corrected chi connectivity index (χ2v) is 5.44. The van der Waals surface area contributed by atoms with Crippen LogP contribution in [0.25, 0.3) is 0 Å². The first-order chi connectivity index (χ1) is 9.99. The first-order valence-electron chi connectivity index (χ1n) is 6.75. The Hall–Kier alpha value is -1.89. The lowest BCUT2D eigenvalue weighted by atomic mass is 10.3. The van der Waals surface area contributed by atoms with Gasteiger partial charge in [-0.05, 0) is 25.3 Å². The maximum absolute atomic E-state index is 11.6. The van der Waals surface area contributed by atoms with Crippen LogP contribution < -0.4 is 10.6 Å². The molecule has 0 unspecified atom stereocenters. The highest BCUT2D eigenvalue weighted by Crippen LogP contribution is 2.04. The average molecular weight is 312 g/mol. The second-order valence-electron chi connectivity index (χ2n) is 4.66. The number of carbonyl (C=O) groups excluding carboxylic acids is 3. The second kappa shape index (κ2) is 9.12. The number of thiophene rings is 1. The number of esters is 1. The summed E-state index contributed by atoms with van der Waals surface area (Å²) in [5.41, 5.74) is 0.594. The monoisotopic (exact) mass is 312 g/mol. The number of hydrogen-bond donors (Lipinski definition) is 2. The molecule has 0 aliphatic carbocycles. The lowest BCUT2D eigenvalue weighted by Gasteiger charge is -2.08. The van der Waals surface area contributed by atoms with Crippen LogP contribution >= 0.6 is 11.3 Å². The summed E-state index contributed by atoms with van der Waals surface area (Å²) in [5.74, 6) is -0.737. The van der Waals surface area contributed by atoms with Crippen molar-refractivity contribution < 1.29 is 19.1 Å². The summed E-state index contributed by atoms with van der Waals surface area (Å²) in [6, 6.07) is 1.72. The summed E-state index contributed by atoms with van der Waals surface area (Å²) in [6.45, 7) is 4.04. The highest BCUT2D eigenvalue weighted by Gasteiger charge is 2.08. The number of amides is 2. The smallest absolute Gasteiger partial charge is 0.307 e. The summed E-state index contributed by atoms with van der Waals surface area (Å²) < 4.78 is 4.94. The fraction of sp³-hybridized carbons (Fsp3) is 0.500. The lowest BCUT2D eigenvalue weighted by molar-refractivity contribution is -0.147. The predicted molar refractivity (Wildman–Crippen MR) is 80.1 cm³/mol. The number of carbonyl (C=O) groups is 3. The molecule has 0 aromatic carbocycles. The number of rotatable bonds is 8. The molecule has 0 saturated heterocycles. The van der Waals surface area contributed by atoms with Crippen LogP contribution in [0.3, 0.4) is 0 Å². The van der Waals surface area contributed by atoms with Gasteiger partial charge in [-0.25, -0.2) is 0 Å². The van der Waals surface area contributed by atoms with Gasteiger partial charge in [0.15, 0.2) is 0 Å². The van der Waals surface area contributed by atoms with Gasteiger partial charge in [0.25, 0.3) is 5.91 Å². The molecule has 0 aliphatic rings. The molecule has 2 amide bonds. The largest absolute Gasteiger partial charge is 0.463 e. The molecule has 0 radical (unpaired) electrons. The van der Waals surface area contributed by atoms with E-state index in [2.05, 4.69) is 10.6 Å². The Morgan fingerprint density at radius 2 is 1.90 bits per heavy atom. The lowest BCUT2D eigenvalue weighted by Crippen LogP contribution is -2.31. The van der Waals surface area contributed by atoms with Crippen molar-refractivity contribution in [2.75, 3.05) is 13.1 Å². The molecule has 0 aliphatic heterocycles. The van der Waals surface area contributed by atoms with Crippen molar-refractivity contribution in [1.29, 1.82) is 0 Å². The molecular weight excluding hydrogens is 292 g/mol. The molecule has 0 fully saturated rings. The molecule has 0 atom stereocenters. The van der Waals surface area contributed by atoms with Gasteiger partial charge >= 0.3 is 5.97 Å². The van der Waals surface area contributed by atoms with E-state index in [1.165, 1.54) is 11.3 Å². The van der Waals surface area contributed by atoms with E-state index >= 15 is 0 Å². The van der Waals surface area contributed by atoms with Crippen molar-refractivity contribution in [2.45, 2.75) is 32.8 Å². The van der Waals surface area contributed by atoms with Crippen molar-refractivity contribution in [1.82, 2.24) is 10.6 Å². The third kappa shape index (κ3) is 7.45. The van der Waals surface area contributed by atoms with E-state index in [-0.39, 0.29) is 49.8 Å². The van der Waals surface area contributed by atoms with E-state index in [0.717, 1.165) is 0 Å². The molecule has 1 heterocycles. The van der Waals surface area contributed by atoms with Crippen LogP contribution in [0.5, 0.6) is 0 Å². The van der Waals surface area contributed by atoms with Crippen molar-refractivity contribution in [3.8, 4) is 0 Å². The van der Waals surface area contributed by atoms with E-state index in [1.54, 1.807) is 25.3 Å². The van der Waals surface area contributed by atoms with Crippen LogP contribution in [-0.2, 0) is 14.3 Å². The van der Waals surface area contributed by atoms with E-state index in [4.69, 9.17) is 4.74 Å². The van der Waals surface area contributed by atoms with Crippen LogP contribution in [-0.4, -0.2) is 37.0 Å². The van der Waals surface area contributed by atoms with Gasteiger partial charge in [-0.3, -0.25) is 14.4 Å². The maximum atomic E-state index is 11.6. The van der Waals surface area contributed by atoms with Crippen LogP contribution in [0.4, 0.5) is 0 Å². The minimum atomic E-state index is -0.337. The van der Waals surface area contributed by atoms with Crippen molar-refractivity contribution in [3.63, 3.8) is 0 Å². The SMILES string of the molecule is CC(C)OC(=O)CCNC(=O)CCNC(=O)c1ccsc1. The standard InChI is InChI=1S/C14H20N2O4S/c1-10(2)20-13(18)4-7-15-12(17)3-6-16-14(19)11-5-8-21-9-11/h5,8-10H,3-4,6-7H2,1-2H3,(H,15,17)(H,16,19). The molecule has 21 heavy (non-hydrogen) atoms. The molecular formula is C14H20N2O4S. The fourth-order valence-corrected chi connectivity index (χ4v) is 2.14. The normalized spacial score (nSPS) is 10.2. The topological polar surface area (TPSA) is 84.5 Å². The minimum Gasteiger partial charge on any atom is -0.463 e. The van der Waals surface area contributed by atoms with E-state index in [1.807, 2.05) is 5.38 Å². The third-order valence-corrected chi connectivity index (χ3v) is 3.12. The highest BCUT2D eigenvalue weighted by atomic mass is 32.1. The van der Waals surface area contributed by atoms with Crippen molar-refractivity contribution in [3.05, 3.63) is 22.4 Å². The van der Waals surface area contributed by atoms with Crippen LogP contribution in [0.15, 0.2) is 16.8 Å². The molecule has 0 bridgehead atoms. The Bertz CT molecular complexity index is 471. The van der Waals surface area contributed by atoms with Crippen LogP contribution in [0.1, 0.15) is 37.0 Å². The Morgan fingerprint density at radius 3 is 2.52 bits per heavy atom. The van der Waals surface area contributed by atoms with Gasteiger partial charge in [-0.1, -0.05) is 0 Å². The van der Waals surface area contributed by atoms with Gasteiger partial charge in [0, 0.05) is 30.5 Å². The number of hydrogen-bond acceptors (Lipinski definition) is 5. The predicted octanol–water partition coefficient (Wildman–Crippen LogP) is 1.33. The minimum absolute atomic E-state index is 0.144. The van der Waals surface area contributed by atoms with E-state index in [0.29, 0.717) is 5.56 Å². The first kappa shape index (κ1) is 17.2. The molecule has 0 saturated carbocycles. The summed E-state index contributed by atoms with van der Waals surface area (Å²) in [4.78, 5) is 34.3. The summed E-state index contributed by atoms with van der Waals surface area (Å²) >= 11 is 1.44. The average Bonchev–Trinajstić information content (AvgIpc) is 2.91. The quantitative estimate of drug-likeness (QED) is 0.709. The Balaban J connectivity index is 2.09. The Morgan fingerprint density at radius 1 is 1.19 bits per heavy atom. The fourth-order valence-electron chi connectivity index (χ4n) is 1.50. The zero-order chi connectivity index (χ0) is 15.7. The molecule has 2 N–H and O–H groups in total. The zero-order valence-corrected chi connectivity index (χ0v) is 13.0. The molecule has 1 aromatic heterocycles. The van der Waals surface area contributed by atoms with Gasteiger partial charge < -0.3 is 15.4 Å². The molecule has 6 nitrogen and oxygen atoms in total. The summed E-state index contributed by atoms with van der Waals surface area (Å²) in [6.07, 6.45) is 0.167. The summed E-state index contributed by atoms with van der Waals surface area (Å²) in [5, 5.41) is 8.83. The molecule has 1 aromatic rings. The van der Waals surface area contributed by atoms with Gasteiger partial charge in [0.1, 0.15) is 0 Å². The van der Waals surface area contributed by atoms with Crippen molar-refractivity contribution >= 4 is 29.1 Å². The van der Waals surface area contributed by atoms with Gasteiger partial charge in [0.2, 0.25) is 5.91 Å². The van der Waals surface area contributed by atoms with Gasteiger partial charge in [0.05, 0.1) is 12.5 Å². The van der Waals surface area contributed by atoms with E-state index < -0.39 is 0 Å². The van der Waals surface area contributed by atoms with Crippen LogP contribution in [0, 0.1) is 0 Å². The van der Waals surface area contributed by atoms with Crippen molar-refractivity contribution in [2.24, 2.45) is 0 Å². The van der Waals surface area contributed by atoms with E-state index in [9.17, 15) is 14.4 Å². The number of ether oxygens (including phenoxy) is 1.